The van der Waals surface area contributed by atoms with E-state index in [2.05, 4.69) is 6.92 Å². The molecule has 6 heterocycles. The molecule has 0 bridgehead atoms. The van der Waals surface area contributed by atoms with E-state index in [4.69, 9.17) is 95.5 Å². The number of aliphatic hydroxyl groups excluding tert-OH is 25. The van der Waals surface area contributed by atoms with E-state index in [9.17, 15) is 117 Å². The van der Waals surface area contributed by atoms with Crippen molar-refractivity contribution in [3.63, 3.8) is 0 Å². The molecule has 0 spiro atoms. The van der Waals surface area contributed by atoms with Crippen LogP contribution in [0.5, 0.6) is 0 Å². The summed E-state index contributed by atoms with van der Waals surface area (Å²) in [5.74, 6) is -0.797. The second-order valence-electron chi connectivity index (χ2n) is 29.0. The summed E-state index contributed by atoms with van der Waals surface area (Å²) in [6, 6.07) is 0. The molecule has 1 saturated carbocycles. The lowest BCUT2D eigenvalue weighted by molar-refractivity contribution is -0.363. The van der Waals surface area contributed by atoms with E-state index in [1.807, 2.05) is 6.92 Å². The molecular formula is C70H132O43. The molecule has 17 unspecified atom stereocenters. The molecule has 7 fully saturated rings. The van der Waals surface area contributed by atoms with Crippen molar-refractivity contribution in [2.45, 2.75) is 319 Å². The molecule has 0 amide bonds. The Morgan fingerprint density at radius 3 is 1.27 bits per heavy atom. The van der Waals surface area contributed by atoms with Crippen molar-refractivity contribution in [3.05, 3.63) is 0 Å². The maximum absolute atomic E-state index is 11.0. The molecule has 670 valence electrons. The third kappa shape index (κ3) is 30.7. The van der Waals surface area contributed by atoms with Crippen LogP contribution in [0.4, 0.5) is 0 Å². The lowest BCUT2D eigenvalue weighted by Crippen LogP contribution is -2.65. The summed E-state index contributed by atoms with van der Waals surface area (Å²) in [5.41, 5.74) is 0. The smallest absolute Gasteiger partial charge is 0.187 e. The van der Waals surface area contributed by atoms with E-state index >= 15 is 0 Å². The van der Waals surface area contributed by atoms with E-state index in [1.54, 1.807) is 6.92 Å². The molecule has 0 radical (unpaired) electrons. The van der Waals surface area contributed by atoms with Gasteiger partial charge in [0.25, 0.3) is 0 Å². The average molecular weight is 1660 g/mol. The van der Waals surface area contributed by atoms with Crippen LogP contribution in [0.3, 0.4) is 0 Å². The molecule has 6 aliphatic heterocycles. The van der Waals surface area contributed by atoms with Gasteiger partial charge in [0.2, 0.25) is 0 Å². The predicted molar refractivity (Wildman–Crippen MR) is 376 cm³/mol. The van der Waals surface area contributed by atoms with Crippen LogP contribution in [-0.4, -0.2) is 474 Å². The molecule has 43 heteroatoms. The summed E-state index contributed by atoms with van der Waals surface area (Å²) in [5, 5.41) is 253. The highest BCUT2D eigenvalue weighted by atomic mass is 16.8. The first-order chi connectivity index (χ1) is 53.9. The third-order valence-electron chi connectivity index (χ3n) is 20.1. The maximum atomic E-state index is 11.0. The summed E-state index contributed by atoms with van der Waals surface area (Å²) in [6.45, 7) is 3.72. The molecule has 0 aromatic heterocycles. The number of aliphatic hydroxyl groups is 25. The standard InChI is InChI=1S/C31H58O17.C20H38O13.C19H36O13/c1-2-3-4-5-6-7-8-17(34)13-43-14-20-28(26(40)27(41)30(42)46-20)48-31-29(44-10-9-32)25(39)23(37)19(47-31)15-45-18-11-16(12-33)21(35)24(38)22(18)36;1-2-3-6-28-10-12-13(24)14(25)18(30-8-5-22)20(32-12)33-16-11(9-23)31-19(27)17(15(16)26)29-7-4-21;1-8(20)4-28-6-10-12(21)13(22)16(25)19(31-10)32-17-11(7-29-5-9(2)27-3)30-18(26)15(24)14(17)23/h16-42H,2-15H2,1H3;11-27H,2-10H2,1H3;8-26H,4-7H2,1-3H3/t16?,17?,18-,19?,20-,21-,22?,23+,24-,25-,26?,27?,28+,29?,30+,31-;11-,12?,13+,14-,15?,16+,17?,18?,19-,20+;8?,9?,10?,11-,12+,13-,14?,15?,16?,17+,18+,19-/m000/s1. The predicted octanol–water partition coefficient (Wildman–Crippen LogP) is -11.2. The summed E-state index contributed by atoms with van der Waals surface area (Å²) in [4.78, 5) is 0. The lowest BCUT2D eigenvalue weighted by Gasteiger charge is -2.47. The van der Waals surface area contributed by atoms with Gasteiger partial charge in [-0.05, 0) is 33.1 Å². The Hall–Kier alpha value is -1.72. The van der Waals surface area contributed by atoms with Gasteiger partial charge in [0, 0.05) is 26.2 Å². The Kier molecular flexibility index (Phi) is 48.0. The van der Waals surface area contributed by atoms with Crippen molar-refractivity contribution >= 4 is 0 Å². The van der Waals surface area contributed by atoms with Gasteiger partial charge in [-0.1, -0.05) is 58.8 Å². The molecule has 6 saturated heterocycles. The zero-order valence-electron chi connectivity index (χ0n) is 64.6. The third-order valence-corrected chi connectivity index (χ3v) is 20.1. The summed E-state index contributed by atoms with van der Waals surface area (Å²) >= 11 is 0. The number of hydrogen-bond donors (Lipinski definition) is 25. The molecule has 25 N–H and O–H groups in total. The van der Waals surface area contributed by atoms with Crippen molar-refractivity contribution < 1.29 is 213 Å². The van der Waals surface area contributed by atoms with Gasteiger partial charge in [0.05, 0.1) is 130 Å². The monoisotopic (exact) mass is 1660 g/mol. The molecule has 0 aromatic carbocycles. The second kappa shape index (κ2) is 53.2. The summed E-state index contributed by atoms with van der Waals surface area (Å²) in [7, 11) is 1.50. The van der Waals surface area contributed by atoms with Gasteiger partial charge in [-0.3, -0.25) is 0 Å². The number of methoxy groups -OCH3 is 1. The van der Waals surface area contributed by atoms with E-state index in [0.29, 0.717) is 13.0 Å². The number of ether oxygens (including phenoxy) is 18. The van der Waals surface area contributed by atoms with Gasteiger partial charge >= 0.3 is 0 Å². The molecule has 113 heavy (non-hydrogen) atoms. The largest absolute Gasteiger partial charge is 0.396 e. The van der Waals surface area contributed by atoms with Crippen molar-refractivity contribution in [2.24, 2.45) is 5.92 Å². The van der Waals surface area contributed by atoms with Crippen LogP contribution in [0.1, 0.15) is 91.9 Å². The number of rotatable bonds is 45. The normalized spacial score (nSPS) is 41.2. The summed E-state index contributed by atoms with van der Waals surface area (Å²) in [6.07, 6.45) is -42.9. The van der Waals surface area contributed by atoms with Gasteiger partial charge in [-0.15, -0.1) is 0 Å². The van der Waals surface area contributed by atoms with Gasteiger partial charge < -0.3 is 213 Å². The molecular weight excluding hydrogens is 1530 g/mol. The lowest BCUT2D eigenvalue weighted by atomic mass is 9.81. The minimum absolute atomic E-state index is 0.0371. The van der Waals surface area contributed by atoms with Crippen molar-refractivity contribution in [3.8, 4) is 0 Å². The second-order valence-corrected chi connectivity index (χ2v) is 29.0. The SMILES string of the molecule is CCCCCCCCC(O)COC[C@@H]1O[C@@H](O)C(O)C(O)[C@@H]1O[C@@H]1OC(CO[C@H]2CC(CO)[C@H](O)[C@H](O)C2O)[C@@H](O)[C@H](O)C1OCCO.CCCCOCC1O[C@H](O[C@H]2C(O)C(OCCO)[C@@H](O)O[C@H]2CO)C(OCCO)[C@@H](O)[C@@H]1O.COC(C)COC[C@@H]1O[C@@H](O)C(O)C(O)[C@@H]1O[C@@H]1OC(COCC(C)O)[C@@H](O)[C@H](O)C1O. The van der Waals surface area contributed by atoms with Crippen molar-refractivity contribution in [1.29, 1.82) is 0 Å². The first-order valence-corrected chi connectivity index (χ1v) is 38.7. The zero-order valence-corrected chi connectivity index (χ0v) is 64.6. The Morgan fingerprint density at radius 1 is 0.336 bits per heavy atom. The van der Waals surface area contributed by atoms with Gasteiger partial charge in [0.1, 0.15) is 159 Å². The minimum atomic E-state index is -1.81. The van der Waals surface area contributed by atoms with Crippen LogP contribution in [0.15, 0.2) is 0 Å². The molecule has 7 rings (SSSR count). The number of unbranched alkanes of at least 4 members (excludes halogenated alkanes) is 6. The van der Waals surface area contributed by atoms with Gasteiger partial charge in [-0.25, -0.2) is 0 Å². The minimum Gasteiger partial charge on any atom is -0.396 e. The molecule has 1 aliphatic carbocycles. The highest BCUT2D eigenvalue weighted by molar-refractivity contribution is 5.00. The highest BCUT2D eigenvalue weighted by Gasteiger charge is 2.56. The van der Waals surface area contributed by atoms with E-state index in [-0.39, 0.29) is 91.8 Å². The van der Waals surface area contributed by atoms with Crippen LogP contribution in [0.2, 0.25) is 0 Å². The van der Waals surface area contributed by atoms with Crippen LogP contribution in [0, 0.1) is 5.92 Å². The Labute approximate surface area is 655 Å². The molecule has 7 aliphatic rings. The summed E-state index contributed by atoms with van der Waals surface area (Å²) < 4.78 is 99.5. The Morgan fingerprint density at radius 2 is 0.761 bits per heavy atom. The van der Waals surface area contributed by atoms with E-state index in [1.165, 1.54) is 20.5 Å². The van der Waals surface area contributed by atoms with Gasteiger partial charge in [0.15, 0.2) is 37.7 Å². The molecule has 43 nitrogen and oxygen atoms in total. The quantitative estimate of drug-likeness (QED) is 0.0252. The maximum Gasteiger partial charge on any atom is 0.187 e. The first-order valence-electron chi connectivity index (χ1n) is 38.7. The van der Waals surface area contributed by atoms with Crippen molar-refractivity contribution in [1.82, 2.24) is 0 Å². The molecule has 38 atom stereocenters. The van der Waals surface area contributed by atoms with Crippen molar-refractivity contribution in [2.75, 3.05) is 119 Å². The zero-order chi connectivity index (χ0) is 83.8. The highest BCUT2D eigenvalue weighted by Crippen LogP contribution is 2.36. The van der Waals surface area contributed by atoms with Crippen LogP contribution < -0.4 is 0 Å². The van der Waals surface area contributed by atoms with Crippen LogP contribution in [0.25, 0.3) is 0 Å². The fraction of sp³-hybridized carbons (Fsp3) is 1.00. The van der Waals surface area contributed by atoms with Crippen LogP contribution in [-0.2, 0) is 85.3 Å². The fourth-order valence-corrected chi connectivity index (χ4v) is 13.3. The Bertz CT molecular complexity index is 2430. The average Bonchev–Trinajstić information content (AvgIpc) is 0.787. The van der Waals surface area contributed by atoms with Crippen LogP contribution >= 0.6 is 0 Å². The topological polar surface area (TPSA) is 672 Å². The fourth-order valence-electron chi connectivity index (χ4n) is 13.3. The van der Waals surface area contributed by atoms with E-state index in [0.717, 1.165) is 44.9 Å². The van der Waals surface area contributed by atoms with E-state index < -0.39 is 253 Å². The van der Waals surface area contributed by atoms with Gasteiger partial charge in [-0.2, -0.15) is 0 Å². The molecule has 0 aromatic rings. The first kappa shape index (κ1) is 102. The number of hydrogen-bond acceptors (Lipinski definition) is 43. The Balaban J connectivity index is 0.000000312.